The number of alkyl halides is 3. The SMILES string of the molecule is FC(F)(F)c1cnc(Nc2ccc(C3CCCCC3)cc2)nc1Nc1cccc(Cl)c1. The molecule has 0 bridgehead atoms. The number of halogens is 4. The zero-order valence-corrected chi connectivity index (χ0v) is 17.5. The number of hydrogen-bond acceptors (Lipinski definition) is 4. The molecule has 1 aromatic heterocycles. The summed E-state index contributed by atoms with van der Waals surface area (Å²) in [6.45, 7) is 0. The predicted octanol–water partition coefficient (Wildman–Crippen LogP) is 7.68. The van der Waals surface area contributed by atoms with E-state index in [4.69, 9.17) is 11.6 Å². The van der Waals surface area contributed by atoms with E-state index in [9.17, 15) is 13.2 Å². The van der Waals surface area contributed by atoms with Crippen molar-refractivity contribution >= 4 is 34.7 Å². The molecule has 1 saturated carbocycles. The normalized spacial score (nSPS) is 15.0. The highest BCUT2D eigenvalue weighted by Gasteiger charge is 2.35. The Bertz CT molecular complexity index is 1030. The van der Waals surface area contributed by atoms with Gasteiger partial charge >= 0.3 is 6.18 Å². The first-order valence-corrected chi connectivity index (χ1v) is 10.6. The summed E-state index contributed by atoms with van der Waals surface area (Å²) in [6.07, 6.45) is 2.40. The maximum absolute atomic E-state index is 13.4. The van der Waals surface area contributed by atoms with Gasteiger partial charge in [0.25, 0.3) is 0 Å². The lowest BCUT2D eigenvalue weighted by molar-refractivity contribution is -0.137. The molecule has 1 heterocycles. The van der Waals surface area contributed by atoms with E-state index < -0.39 is 11.7 Å². The van der Waals surface area contributed by atoms with Crippen molar-refractivity contribution in [1.29, 1.82) is 0 Å². The highest BCUT2D eigenvalue weighted by atomic mass is 35.5. The second kappa shape index (κ2) is 9.14. The number of aromatic nitrogens is 2. The third kappa shape index (κ3) is 5.47. The van der Waals surface area contributed by atoms with Gasteiger partial charge in [-0.1, -0.05) is 49.1 Å². The van der Waals surface area contributed by atoms with Crippen LogP contribution in [0.1, 0.15) is 49.1 Å². The molecule has 1 aliphatic rings. The lowest BCUT2D eigenvalue weighted by atomic mass is 9.84. The Balaban J connectivity index is 1.55. The van der Waals surface area contributed by atoms with E-state index in [1.807, 2.05) is 12.1 Å². The molecule has 2 N–H and O–H groups in total. The standard InChI is InChI=1S/C23H22ClF3N4/c24-17-7-4-8-19(13-17)29-21-20(23(25,26)27)14-28-22(31-21)30-18-11-9-16(10-12-18)15-5-2-1-3-6-15/h4,7-15H,1-3,5-6H2,(H2,28,29,30,31). The van der Waals surface area contributed by atoms with Gasteiger partial charge in [-0.25, -0.2) is 4.98 Å². The van der Waals surface area contributed by atoms with Crippen LogP contribution in [0.25, 0.3) is 0 Å². The summed E-state index contributed by atoms with van der Waals surface area (Å²) >= 11 is 5.94. The Labute approximate surface area is 183 Å². The molecule has 31 heavy (non-hydrogen) atoms. The van der Waals surface area contributed by atoms with Crippen molar-refractivity contribution in [2.45, 2.75) is 44.2 Å². The minimum absolute atomic E-state index is 0.0722. The van der Waals surface area contributed by atoms with E-state index in [-0.39, 0.29) is 11.8 Å². The minimum Gasteiger partial charge on any atom is -0.340 e. The molecule has 1 aliphatic carbocycles. The highest BCUT2D eigenvalue weighted by molar-refractivity contribution is 6.30. The molecule has 0 unspecified atom stereocenters. The van der Waals surface area contributed by atoms with Gasteiger partial charge in [-0.3, -0.25) is 0 Å². The van der Waals surface area contributed by atoms with Gasteiger partial charge in [0.05, 0.1) is 0 Å². The van der Waals surface area contributed by atoms with E-state index in [1.54, 1.807) is 18.2 Å². The van der Waals surface area contributed by atoms with E-state index >= 15 is 0 Å². The second-order valence-corrected chi connectivity index (χ2v) is 8.11. The molecule has 0 amide bonds. The van der Waals surface area contributed by atoms with Gasteiger partial charge in [0.2, 0.25) is 5.95 Å². The summed E-state index contributed by atoms with van der Waals surface area (Å²) in [6, 6.07) is 14.4. The quantitative estimate of drug-likeness (QED) is 0.422. The van der Waals surface area contributed by atoms with Gasteiger partial charge in [-0.05, 0) is 54.7 Å². The topological polar surface area (TPSA) is 49.8 Å². The second-order valence-electron chi connectivity index (χ2n) is 7.67. The molecule has 0 saturated heterocycles. The van der Waals surface area contributed by atoms with Gasteiger partial charge in [0, 0.05) is 22.6 Å². The number of nitrogens with one attached hydrogen (secondary N) is 2. The van der Waals surface area contributed by atoms with Crippen LogP contribution in [0, 0.1) is 0 Å². The van der Waals surface area contributed by atoms with E-state index in [0.29, 0.717) is 22.3 Å². The molecule has 0 spiro atoms. The summed E-state index contributed by atoms with van der Waals surface area (Å²) in [5.41, 5.74) is 1.46. The van der Waals surface area contributed by atoms with Crippen LogP contribution in [0.2, 0.25) is 5.02 Å². The highest BCUT2D eigenvalue weighted by Crippen LogP contribution is 2.36. The first kappa shape index (κ1) is 21.4. The molecule has 4 nitrogen and oxygen atoms in total. The molecule has 3 aromatic rings. The molecule has 2 aromatic carbocycles. The van der Waals surface area contributed by atoms with Crippen molar-refractivity contribution in [2.24, 2.45) is 0 Å². The number of rotatable bonds is 5. The molecule has 8 heteroatoms. The lowest BCUT2D eigenvalue weighted by Crippen LogP contribution is -2.12. The minimum atomic E-state index is -4.60. The van der Waals surface area contributed by atoms with E-state index in [1.165, 1.54) is 43.7 Å². The molecule has 162 valence electrons. The molecule has 1 fully saturated rings. The van der Waals surface area contributed by atoms with E-state index in [0.717, 1.165) is 6.20 Å². The number of hydrogen-bond donors (Lipinski definition) is 2. The van der Waals surface area contributed by atoms with Crippen LogP contribution in [0.15, 0.2) is 54.7 Å². The molecule has 4 rings (SSSR count). The fraction of sp³-hybridized carbons (Fsp3) is 0.304. The van der Waals surface area contributed by atoms with Gasteiger partial charge in [-0.2, -0.15) is 18.2 Å². The molecular formula is C23H22ClF3N4. The average molecular weight is 447 g/mol. The Kier molecular flexibility index (Phi) is 6.32. The van der Waals surface area contributed by atoms with Crippen LogP contribution in [0.4, 0.5) is 36.3 Å². The van der Waals surface area contributed by atoms with Crippen molar-refractivity contribution in [3.63, 3.8) is 0 Å². The Hall–Kier alpha value is -2.80. The number of nitrogens with zero attached hydrogens (tertiary/aromatic N) is 2. The van der Waals surface area contributed by atoms with Crippen molar-refractivity contribution in [2.75, 3.05) is 10.6 Å². The van der Waals surface area contributed by atoms with Crippen LogP contribution in [-0.2, 0) is 6.18 Å². The molecule has 0 aliphatic heterocycles. The zero-order valence-electron chi connectivity index (χ0n) is 16.7. The van der Waals surface area contributed by atoms with Crippen molar-refractivity contribution in [1.82, 2.24) is 9.97 Å². The van der Waals surface area contributed by atoms with Crippen LogP contribution in [-0.4, -0.2) is 9.97 Å². The van der Waals surface area contributed by atoms with Gasteiger partial charge in [0.15, 0.2) is 0 Å². The Morgan fingerprint density at radius 2 is 1.65 bits per heavy atom. The first-order chi connectivity index (χ1) is 14.9. The Morgan fingerprint density at radius 1 is 0.903 bits per heavy atom. The van der Waals surface area contributed by atoms with Crippen LogP contribution in [0.5, 0.6) is 0 Å². The molecular weight excluding hydrogens is 425 g/mol. The summed E-state index contributed by atoms with van der Waals surface area (Å²) in [4.78, 5) is 7.94. The fourth-order valence-electron chi connectivity index (χ4n) is 3.85. The zero-order chi connectivity index (χ0) is 21.8. The number of benzene rings is 2. The maximum atomic E-state index is 13.4. The number of anilines is 4. The van der Waals surface area contributed by atoms with Crippen LogP contribution in [0.3, 0.4) is 0 Å². The Morgan fingerprint density at radius 3 is 2.32 bits per heavy atom. The van der Waals surface area contributed by atoms with Crippen molar-refractivity contribution in [3.05, 3.63) is 70.9 Å². The van der Waals surface area contributed by atoms with Crippen molar-refractivity contribution in [3.8, 4) is 0 Å². The van der Waals surface area contributed by atoms with Gasteiger partial charge < -0.3 is 10.6 Å². The van der Waals surface area contributed by atoms with Crippen LogP contribution < -0.4 is 10.6 Å². The predicted molar refractivity (Wildman–Crippen MR) is 117 cm³/mol. The summed E-state index contributed by atoms with van der Waals surface area (Å²) in [5.74, 6) is 0.313. The van der Waals surface area contributed by atoms with Gasteiger partial charge in [-0.15, -0.1) is 0 Å². The maximum Gasteiger partial charge on any atom is 0.421 e. The summed E-state index contributed by atoms with van der Waals surface area (Å²) in [5, 5.41) is 6.10. The van der Waals surface area contributed by atoms with Crippen molar-refractivity contribution < 1.29 is 13.2 Å². The average Bonchev–Trinajstić information content (AvgIpc) is 2.74. The summed E-state index contributed by atoms with van der Waals surface area (Å²) < 4.78 is 40.3. The summed E-state index contributed by atoms with van der Waals surface area (Å²) in [7, 11) is 0. The first-order valence-electron chi connectivity index (χ1n) is 10.2. The largest absolute Gasteiger partial charge is 0.421 e. The lowest BCUT2D eigenvalue weighted by Gasteiger charge is -2.22. The fourth-order valence-corrected chi connectivity index (χ4v) is 4.04. The smallest absolute Gasteiger partial charge is 0.340 e. The monoisotopic (exact) mass is 446 g/mol. The van der Waals surface area contributed by atoms with E-state index in [2.05, 4.69) is 32.7 Å². The van der Waals surface area contributed by atoms with Gasteiger partial charge in [0.1, 0.15) is 11.4 Å². The molecule has 0 atom stereocenters. The van der Waals surface area contributed by atoms with Crippen LogP contribution >= 0.6 is 11.6 Å². The molecule has 0 radical (unpaired) electrons. The third-order valence-corrected chi connectivity index (χ3v) is 5.66. The third-order valence-electron chi connectivity index (χ3n) is 5.42.